The third kappa shape index (κ3) is 8.09. The van der Waals surface area contributed by atoms with Gasteiger partial charge in [-0.05, 0) is 11.8 Å². The molecule has 0 aliphatic rings. The molecule has 1 nitrogen and oxygen atoms in total. The van der Waals surface area contributed by atoms with Gasteiger partial charge in [-0.3, -0.25) is 0 Å². The maximum atomic E-state index is 11.7. The van der Waals surface area contributed by atoms with E-state index in [4.69, 9.17) is 0 Å². The second-order valence-electron chi connectivity index (χ2n) is 4.06. The summed E-state index contributed by atoms with van der Waals surface area (Å²) in [6.07, 6.45) is -3.82. The molecule has 0 atom stereocenters. The number of alkyl halides is 3. The fraction of sp³-hybridized carbons (Fsp3) is 1.00. The molecule has 0 aromatic heterocycles. The van der Waals surface area contributed by atoms with Gasteiger partial charge in [0.05, 0.1) is 6.42 Å². The summed E-state index contributed by atoms with van der Waals surface area (Å²) in [6, 6.07) is 0. The van der Waals surface area contributed by atoms with Crippen LogP contribution in [-0.4, -0.2) is 19.3 Å². The minimum absolute atomic E-state index is 0.0208. The van der Waals surface area contributed by atoms with Crippen molar-refractivity contribution in [3.63, 3.8) is 0 Å². The van der Waals surface area contributed by atoms with E-state index in [-0.39, 0.29) is 12.0 Å². The lowest BCUT2D eigenvalue weighted by molar-refractivity contribution is -0.133. The summed E-state index contributed by atoms with van der Waals surface area (Å²) < 4.78 is 35.2. The highest BCUT2D eigenvalue weighted by molar-refractivity contribution is 4.69. The second-order valence-corrected chi connectivity index (χ2v) is 4.06. The Kier molecular flexibility index (Phi) is 4.75. The maximum Gasteiger partial charge on any atom is 0.390 e. The average molecular weight is 197 g/mol. The normalized spacial score (nSPS) is 13.4. The summed E-state index contributed by atoms with van der Waals surface area (Å²) in [5, 5.41) is 2.81. The fourth-order valence-corrected chi connectivity index (χ4v) is 0.782. The summed E-state index contributed by atoms with van der Waals surface area (Å²) in [5.74, 6) is 0. The monoisotopic (exact) mass is 197 g/mol. The van der Waals surface area contributed by atoms with Gasteiger partial charge in [0.1, 0.15) is 0 Å². The molecule has 0 heterocycles. The van der Waals surface area contributed by atoms with E-state index in [0.29, 0.717) is 6.54 Å². The van der Waals surface area contributed by atoms with Crippen LogP contribution in [0.2, 0.25) is 0 Å². The zero-order valence-electron chi connectivity index (χ0n) is 8.46. The lowest BCUT2D eigenvalue weighted by atomic mass is 9.90. The van der Waals surface area contributed by atoms with Crippen molar-refractivity contribution in [2.45, 2.75) is 39.8 Å². The van der Waals surface area contributed by atoms with E-state index in [2.05, 4.69) is 5.32 Å². The van der Waals surface area contributed by atoms with Gasteiger partial charge in [-0.1, -0.05) is 20.8 Å². The smallest absolute Gasteiger partial charge is 0.316 e. The highest BCUT2D eigenvalue weighted by Crippen LogP contribution is 2.20. The first-order valence-electron chi connectivity index (χ1n) is 4.54. The van der Waals surface area contributed by atoms with E-state index in [9.17, 15) is 13.2 Å². The van der Waals surface area contributed by atoms with Crippen molar-refractivity contribution in [2.24, 2.45) is 5.41 Å². The molecule has 0 unspecified atom stereocenters. The number of halogens is 3. The van der Waals surface area contributed by atoms with Crippen molar-refractivity contribution >= 4 is 0 Å². The standard InChI is InChI=1S/C9H18F3N/c1-4-8(2,3)7-13-6-5-9(10,11)12/h13H,4-7H2,1-3H3. The van der Waals surface area contributed by atoms with Crippen LogP contribution in [0, 0.1) is 5.41 Å². The van der Waals surface area contributed by atoms with Gasteiger partial charge in [0.15, 0.2) is 0 Å². The molecule has 0 aliphatic heterocycles. The SMILES string of the molecule is CCC(C)(C)CNCCC(F)(F)F. The molecule has 0 aliphatic carbocycles. The van der Waals surface area contributed by atoms with Gasteiger partial charge >= 0.3 is 6.18 Å². The Labute approximate surface area is 77.7 Å². The van der Waals surface area contributed by atoms with Crippen molar-refractivity contribution in [3.05, 3.63) is 0 Å². The van der Waals surface area contributed by atoms with Gasteiger partial charge in [-0.2, -0.15) is 13.2 Å². The largest absolute Gasteiger partial charge is 0.390 e. The number of hydrogen-bond donors (Lipinski definition) is 1. The van der Waals surface area contributed by atoms with Gasteiger partial charge < -0.3 is 5.32 Å². The predicted molar refractivity (Wildman–Crippen MR) is 47.6 cm³/mol. The first kappa shape index (κ1) is 12.8. The zero-order valence-corrected chi connectivity index (χ0v) is 8.46. The Bertz CT molecular complexity index is 140. The first-order valence-corrected chi connectivity index (χ1v) is 4.54. The fourth-order valence-electron chi connectivity index (χ4n) is 0.782. The minimum atomic E-state index is -4.04. The Hall–Kier alpha value is -0.250. The topological polar surface area (TPSA) is 12.0 Å². The molecule has 1 N–H and O–H groups in total. The molecular weight excluding hydrogens is 179 g/mol. The summed E-state index contributed by atoms with van der Waals surface area (Å²) in [6.45, 7) is 6.76. The van der Waals surface area contributed by atoms with E-state index in [1.54, 1.807) is 0 Å². The minimum Gasteiger partial charge on any atom is -0.316 e. The van der Waals surface area contributed by atoms with Gasteiger partial charge in [0, 0.05) is 13.1 Å². The molecule has 0 radical (unpaired) electrons. The van der Waals surface area contributed by atoms with Crippen LogP contribution in [-0.2, 0) is 0 Å². The molecule has 0 rings (SSSR count). The van der Waals surface area contributed by atoms with Crippen LogP contribution in [0.5, 0.6) is 0 Å². The molecular formula is C9H18F3N. The Morgan fingerprint density at radius 3 is 2.08 bits per heavy atom. The Morgan fingerprint density at radius 2 is 1.69 bits per heavy atom. The second kappa shape index (κ2) is 4.84. The molecule has 0 aromatic rings. The van der Waals surface area contributed by atoms with Gasteiger partial charge in [-0.25, -0.2) is 0 Å². The molecule has 0 bridgehead atoms. The third-order valence-corrected chi connectivity index (χ3v) is 2.15. The number of rotatable bonds is 5. The van der Waals surface area contributed by atoms with Crippen molar-refractivity contribution < 1.29 is 13.2 Å². The molecule has 0 saturated heterocycles. The van der Waals surface area contributed by atoms with Crippen LogP contribution in [0.15, 0.2) is 0 Å². The van der Waals surface area contributed by atoms with Crippen molar-refractivity contribution in [2.75, 3.05) is 13.1 Å². The third-order valence-electron chi connectivity index (χ3n) is 2.15. The van der Waals surface area contributed by atoms with Crippen LogP contribution in [0.4, 0.5) is 13.2 Å². The van der Waals surface area contributed by atoms with Gasteiger partial charge in [-0.15, -0.1) is 0 Å². The van der Waals surface area contributed by atoms with E-state index < -0.39 is 12.6 Å². The zero-order chi connectivity index (χ0) is 10.5. The summed E-state index contributed by atoms with van der Waals surface area (Å²) in [5.41, 5.74) is 0.0889. The molecule has 0 spiro atoms. The van der Waals surface area contributed by atoms with Crippen LogP contribution in [0.1, 0.15) is 33.6 Å². The highest BCUT2D eigenvalue weighted by Gasteiger charge is 2.26. The molecule has 0 fully saturated rings. The quantitative estimate of drug-likeness (QED) is 0.668. The lowest BCUT2D eigenvalue weighted by Crippen LogP contribution is -2.31. The number of nitrogens with one attached hydrogen (secondary N) is 1. The van der Waals surface area contributed by atoms with Gasteiger partial charge in [0.25, 0.3) is 0 Å². The predicted octanol–water partition coefficient (Wildman–Crippen LogP) is 2.96. The summed E-state index contributed by atoms with van der Waals surface area (Å²) >= 11 is 0. The number of hydrogen-bond acceptors (Lipinski definition) is 1. The Balaban J connectivity index is 3.47. The van der Waals surface area contributed by atoms with Crippen LogP contribution < -0.4 is 5.32 Å². The summed E-state index contributed by atoms with van der Waals surface area (Å²) in [7, 11) is 0. The molecule has 0 aromatic carbocycles. The lowest BCUT2D eigenvalue weighted by Gasteiger charge is -2.23. The summed E-state index contributed by atoms with van der Waals surface area (Å²) in [4.78, 5) is 0. The van der Waals surface area contributed by atoms with Crippen molar-refractivity contribution in [1.29, 1.82) is 0 Å². The van der Waals surface area contributed by atoms with E-state index in [0.717, 1.165) is 6.42 Å². The van der Waals surface area contributed by atoms with E-state index in [1.807, 2.05) is 20.8 Å². The molecule has 80 valence electrons. The Morgan fingerprint density at radius 1 is 1.15 bits per heavy atom. The van der Waals surface area contributed by atoms with E-state index in [1.165, 1.54) is 0 Å². The van der Waals surface area contributed by atoms with Crippen molar-refractivity contribution in [3.8, 4) is 0 Å². The maximum absolute atomic E-state index is 11.7. The van der Waals surface area contributed by atoms with Gasteiger partial charge in [0.2, 0.25) is 0 Å². The molecule has 0 saturated carbocycles. The molecule has 4 heteroatoms. The molecule has 13 heavy (non-hydrogen) atoms. The molecule has 0 amide bonds. The van der Waals surface area contributed by atoms with Crippen LogP contribution in [0.3, 0.4) is 0 Å². The average Bonchev–Trinajstić information content (AvgIpc) is 1.97. The highest BCUT2D eigenvalue weighted by atomic mass is 19.4. The van der Waals surface area contributed by atoms with Crippen LogP contribution in [0.25, 0.3) is 0 Å². The first-order chi connectivity index (χ1) is 5.77. The van der Waals surface area contributed by atoms with Crippen LogP contribution >= 0.6 is 0 Å². The van der Waals surface area contributed by atoms with Crippen molar-refractivity contribution in [1.82, 2.24) is 5.32 Å². The van der Waals surface area contributed by atoms with E-state index >= 15 is 0 Å².